The monoisotopic (exact) mass is 475 g/mol. The van der Waals surface area contributed by atoms with Gasteiger partial charge in [0, 0.05) is 6.42 Å². The fourth-order valence-corrected chi connectivity index (χ4v) is 4.58. The first-order valence-electron chi connectivity index (χ1n) is 10.7. The standard InChI is InChI=1S/C26H25N3O4S/c1-32-20-14-12-18(13-15-20)17-29-24(30)16-23(34-26(29)27-19-8-4-3-5-9-19)25(31)28-21-10-6-7-11-22(21)33-2/h3-15,23H,16-17H2,1-2H3,(H,28,31)/t23-/m0/s1. The van der Waals surface area contributed by atoms with E-state index in [0.717, 1.165) is 11.3 Å². The maximum atomic E-state index is 13.2. The van der Waals surface area contributed by atoms with E-state index in [0.29, 0.717) is 28.8 Å². The summed E-state index contributed by atoms with van der Waals surface area (Å²) in [5.41, 5.74) is 2.21. The minimum atomic E-state index is -0.619. The minimum Gasteiger partial charge on any atom is -0.497 e. The van der Waals surface area contributed by atoms with Crippen LogP contribution in [0.15, 0.2) is 83.9 Å². The third kappa shape index (κ3) is 5.58. The molecule has 0 spiro atoms. The van der Waals surface area contributed by atoms with Gasteiger partial charge < -0.3 is 14.8 Å². The Morgan fingerprint density at radius 3 is 2.41 bits per heavy atom. The molecule has 3 aromatic rings. The number of nitrogens with one attached hydrogen (secondary N) is 1. The van der Waals surface area contributed by atoms with Gasteiger partial charge >= 0.3 is 0 Å². The molecule has 1 aliphatic rings. The molecule has 3 aromatic carbocycles. The Hall–Kier alpha value is -3.78. The van der Waals surface area contributed by atoms with Crippen molar-refractivity contribution >= 4 is 40.1 Å². The first-order chi connectivity index (χ1) is 16.6. The highest BCUT2D eigenvalue weighted by atomic mass is 32.2. The number of rotatable bonds is 7. The van der Waals surface area contributed by atoms with Crippen molar-refractivity contribution in [1.82, 2.24) is 4.90 Å². The Morgan fingerprint density at radius 2 is 1.71 bits per heavy atom. The zero-order chi connectivity index (χ0) is 23.9. The summed E-state index contributed by atoms with van der Waals surface area (Å²) in [6.07, 6.45) is 0.0651. The zero-order valence-electron chi connectivity index (χ0n) is 18.9. The van der Waals surface area contributed by atoms with Crippen molar-refractivity contribution in [2.75, 3.05) is 19.5 Å². The van der Waals surface area contributed by atoms with E-state index in [1.165, 1.54) is 11.8 Å². The number of benzene rings is 3. The van der Waals surface area contributed by atoms with E-state index in [9.17, 15) is 9.59 Å². The van der Waals surface area contributed by atoms with Crippen LogP contribution in [0, 0.1) is 0 Å². The molecule has 1 N–H and O–H groups in total. The Labute approximate surface area is 202 Å². The van der Waals surface area contributed by atoms with E-state index in [4.69, 9.17) is 14.5 Å². The normalized spacial score (nSPS) is 16.9. The summed E-state index contributed by atoms with van der Waals surface area (Å²) >= 11 is 1.28. The molecule has 1 atom stereocenters. The quantitative estimate of drug-likeness (QED) is 0.528. The van der Waals surface area contributed by atoms with Crippen LogP contribution in [0.2, 0.25) is 0 Å². The molecule has 8 heteroatoms. The summed E-state index contributed by atoms with van der Waals surface area (Å²) in [4.78, 5) is 32.6. The van der Waals surface area contributed by atoms with Crippen LogP contribution in [-0.2, 0) is 16.1 Å². The third-order valence-corrected chi connectivity index (χ3v) is 6.47. The summed E-state index contributed by atoms with van der Waals surface area (Å²) in [7, 11) is 3.16. The predicted octanol–water partition coefficient (Wildman–Crippen LogP) is 4.86. The molecule has 0 aromatic heterocycles. The summed E-state index contributed by atoms with van der Waals surface area (Å²) in [5, 5.41) is 2.76. The Balaban J connectivity index is 1.58. The van der Waals surface area contributed by atoms with Crippen molar-refractivity contribution in [2.45, 2.75) is 18.2 Å². The molecule has 1 heterocycles. The summed E-state index contributed by atoms with van der Waals surface area (Å²) in [6, 6.07) is 24.1. The second-order valence-corrected chi connectivity index (χ2v) is 8.73. The third-order valence-electron chi connectivity index (χ3n) is 5.28. The largest absolute Gasteiger partial charge is 0.497 e. The smallest absolute Gasteiger partial charge is 0.238 e. The van der Waals surface area contributed by atoms with Crippen LogP contribution in [-0.4, -0.2) is 41.4 Å². The topological polar surface area (TPSA) is 80.2 Å². The van der Waals surface area contributed by atoms with Crippen molar-refractivity contribution in [3.8, 4) is 11.5 Å². The van der Waals surface area contributed by atoms with Crippen molar-refractivity contribution in [3.05, 3.63) is 84.4 Å². The lowest BCUT2D eigenvalue weighted by molar-refractivity contribution is -0.129. The molecule has 1 saturated heterocycles. The van der Waals surface area contributed by atoms with Crippen LogP contribution >= 0.6 is 11.8 Å². The molecular weight excluding hydrogens is 450 g/mol. The van der Waals surface area contributed by atoms with E-state index < -0.39 is 5.25 Å². The highest BCUT2D eigenvalue weighted by molar-refractivity contribution is 8.15. The number of ether oxygens (including phenoxy) is 2. The number of nitrogens with zero attached hydrogens (tertiary/aromatic N) is 2. The van der Waals surface area contributed by atoms with Crippen molar-refractivity contribution in [3.63, 3.8) is 0 Å². The number of methoxy groups -OCH3 is 2. The van der Waals surface area contributed by atoms with Crippen molar-refractivity contribution in [1.29, 1.82) is 0 Å². The van der Waals surface area contributed by atoms with Crippen LogP contribution in [0.1, 0.15) is 12.0 Å². The summed E-state index contributed by atoms with van der Waals surface area (Å²) in [6.45, 7) is 0.350. The summed E-state index contributed by atoms with van der Waals surface area (Å²) < 4.78 is 10.5. The maximum absolute atomic E-state index is 13.2. The molecule has 0 unspecified atom stereocenters. The van der Waals surface area contributed by atoms with Crippen molar-refractivity contribution < 1.29 is 19.1 Å². The molecule has 4 rings (SSSR count). The zero-order valence-corrected chi connectivity index (χ0v) is 19.7. The van der Waals surface area contributed by atoms with E-state index in [-0.39, 0.29) is 18.2 Å². The van der Waals surface area contributed by atoms with Gasteiger partial charge in [-0.05, 0) is 42.0 Å². The number of anilines is 1. The van der Waals surface area contributed by atoms with Gasteiger partial charge in [-0.1, -0.05) is 54.2 Å². The Bertz CT molecular complexity index is 1180. The lowest BCUT2D eigenvalue weighted by atomic mass is 10.2. The number of carbonyl (C=O) groups is 2. The van der Waals surface area contributed by atoms with Gasteiger partial charge in [0.15, 0.2) is 5.17 Å². The molecule has 1 aliphatic heterocycles. The first-order valence-corrected chi connectivity index (χ1v) is 11.6. The molecular formula is C26H25N3O4S. The first kappa shape index (κ1) is 23.4. The molecule has 0 radical (unpaired) electrons. The van der Waals surface area contributed by atoms with Crippen LogP contribution in [0.3, 0.4) is 0 Å². The van der Waals surface area contributed by atoms with Gasteiger partial charge in [0.25, 0.3) is 0 Å². The Kier molecular flexibility index (Phi) is 7.49. The molecule has 7 nitrogen and oxygen atoms in total. The molecule has 1 fully saturated rings. The second-order valence-electron chi connectivity index (χ2n) is 7.56. The average Bonchev–Trinajstić information content (AvgIpc) is 2.87. The van der Waals surface area contributed by atoms with Gasteiger partial charge in [0.1, 0.15) is 16.7 Å². The lowest BCUT2D eigenvalue weighted by Gasteiger charge is -2.32. The molecule has 34 heavy (non-hydrogen) atoms. The number of amides is 2. The number of aliphatic imine (C=N–C) groups is 1. The number of amidine groups is 1. The van der Waals surface area contributed by atoms with Gasteiger partial charge in [0.05, 0.1) is 32.1 Å². The molecule has 0 bridgehead atoms. The highest BCUT2D eigenvalue weighted by Gasteiger charge is 2.36. The molecule has 2 amide bonds. The van der Waals surface area contributed by atoms with Gasteiger partial charge in [-0.2, -0.15) is 0 Å². The van der Waals surface area contributed by atoms with E-state index in [2.05, 4.69) is 5.32 Å². The summed E-state index contributed by atoms with van der Waals surface area (Å²) in [5.74, 6) is 0.869. The fraction of sp³-hybridized carbons (Fsp3) is 0.192. The van der Waals surface area contributed by atoms with E-state index >= 15 is 0 Å². The Morgan fingerprint density at radius 1 is 1.00 bits per heavy atom. The van der Waals surface area contributed by atoms with E-state index in [1.807, 2.05) is 66.7 Å². The molecule has 174 valence electrons. The van der Waals surface area contributed by atoms with Gasteiger partial charge in [-0.25, -0.2) is 4.99 Å². The van der Waals surface area contributed by atoms with Crippen LogP contribution in [0.5, 0.6) is 11.5 Å². The van der Waals surface area contributed by atoms with Gasteiger partial charge in [-0.3, -0.25) is 14.5 Å². The second kappa shape index (κ2) is 10.9. The van der Waals surface area contributed by atoms with Crippen LogP contribution in [0.4, 0.5) is 11.4 Å². The van der Waals surface area contributed by atoms with Gasteiger partial charge in [-0.15, -0.1) is 0 Å². The van der Waals surface area contributed by atoms with Crippen molar-refractivity contribution in [2.24, 2.45) is 4.99 Å². The van der Waals surface area contributed by atoms with Crippen LogP contribution in [0.25, 0.3) is 0 Å². The lowest BCUT2D eigenvalue weighted by Crippen LogP contribution is -2.44. The molecule has 0 aliphatic carbocycles. The predicted molar refractivity (Wildman–Crippen MR) is 135 cm³/mol. The highest BCUT2D eigenvalue weighted by Crippen LogP contribution is 2.32. The number of hydrogen-bond acceptors (Lipinski definition) is 6. The minimum absolute atomic E-state index is 0.0651. The van der Waals surface area contributed by atoms with E-state index in [1.54, 1.807) is 31.3 Å². The van der Waals surface area contributed by atoms with Crippen LogP contribution < -0.4 is 14.8 Å². The molecule has 0 saturated carbocycles. The number of carbonyl (C=O) groups excluding carboxylic acids is 2. The fourth-order valence-electron chi connectivity index (χ4n) is 3.48. The average molecular weight is 476 g/mol. The number of hydrogen-bond donors (Lipinski definition) is 1. The maximum Gasteiger partial charge on any atom is 0.238 e. The van der Waals surface area contributed by atoms with Gasteiger partial charge in [0.2, 0.25) is 11.8 Å². The SMILES string of the molecule is COc1ccc(CN2C(=O)C[C@@H](C(=O)Nc3ccccc3OC)SC2=Nc2ccccc2)cc1. The number of para-hydroxylation sites is 3. The number of thioether (sulfide) groups is 1.